The predicted molar refractivity (Wildman–Crippen MR) is 92.2 cm³/mol. The van der Waals surface area contributed by atoms with Crippen molar-refractivity contribution in [3.05, 3.63) is 12.7 Å². The normalized spacial score (nSPS) is 13.8. The second kappa shape index (κ2) is 10.1. The zero-order chi connectivity index (χ0) is 18.9. The van der Waals surface area contributed by atoms with Gasteiger partial charge in [0, 0.05) is 12.3 Å². The molecule has 0 radical (unpaired) electrons. The third-order valence-corrected chi connectivity index (χ3v) is 3.21. The van der Waals surface area contributed by atoms with Gasteiger partial charge in [0.1, 0.15) is 18.2 Å². The number of nitrogens with one attached hydrogen (secondary N) is 1. The third-order valence-electron chi connectivity index (χ3n) is 3.21. The standard InChI is InChI=1S/C18H31NO5/c1-8-11-23-17(22)15(12(2)3)19-16(21)13(4)9-10-14(20)24-18(5,6)7/h8,12-13,15H,1,9-11H2,2-7H3,(H,19,21)/t13-,15-/m0/s1. The number of carbonyl (C=O) groups is 3. The molecule has 1 amide bonds. The van der Waals surface area contributed by atoms with Crippen molar-refractivity contribution in [2.24, 2.45) is 11.8 Å². The minimum atomic E-state index is -0.721. The number of ether oxygens (including phenoxy) is 2. The van der Waals surface area contributed by atoms with Crippen LogP contribution >= 0.6 is 0 Å². The Hall–Kier alpha value is -1.85. The van der Waals surface area contributed by atoms with Gasteiger partial charge >= 0.3 is 11.9 Å². The number of carbonyl (C=O) groups excluding carboxylic acids is 3. The van der Waals surface area contributed by atoms with Gasteiger partial charge in [0.25, 0.3) is 0 Å². The summed E-state index contributed by atoms with van der Waals surface area (Å²) in [5, 5.41) is 2.70. The molecule has 1 N–H and O–H groups in total. The molecule has 0 fully saturated rings. The highest BCUT2D eigenvalue weighted by molar-refractivity contribution is 5.86. The predicted octanol–water partition coefficient (Wildman–Crippen LogP) is 2.61. The molecule has 0 bridgehead atoms. The Kier molecular flexibility index (Phi) is 9.33. The van der Waals surface area contributed by atoms with Crippen LogP contribution in [0.15, 0.2) is 12.7 Å². The SMILES string of the molecule is C=CCOC(=O)[C@@H](NC(=O)[C@@H](C)CCC(=O)OC(C)(C)C)C(C)C. The van der Waals surface area contributed by atoms with Crippen LogP contribution in [0.5, 0.6) is 0 Å². The van der Waals surface area contributed by atoms with Crippen LogP contribution in [-0.2, 0) is 23.9 Å². The van der Waals surface area contributed by atoms with Gasteiger partial charge in [-0.05, 0) is 33.1 Å². The van der Waals surface area contributed by atoms with E-state index in [0.29, 0.717) is 6.42 Å². The molecule has 24 heavy (non-hydrogen) atoms. The average molecular weight is 341 g/mol. The Labute approximate surface area is 145 Å². The van der Waals surface area contributed by atoms with Gasteiger partial charge in [-0.3, -0.25) is 9.59 Å². The summed E-state index contributed by atoms with van der Waals surface area (Å²) in [7, 11) is 0. The summed E-state index contributed by atoms with van der Waals surface area (Å²) in [6.45, 7) is 14.3. The quantitative estimate of drug-likeness (QED) is 0.515. The summed E-state index contributed by atoms with van der Waals surface area (Å²) in [5.41, 5.74) is -0.541. The van der Waals surface area contributed by atoms with Gasteiger partial charge in [-0.25, -0.2) is 4.79 Å². The summed E-state index contributed by atoms with van der Waals surface area (Å²) in [5.74, 6) is -1.63. The monoisotopic (exact) mass is 341 g/mol. The molecule has 0 aliphatic carbocycles. The molecule has 0 aromatic rings. The second-order valence-corrected chi connectivity index (χ2v) is 7.18. The van der Waals surface area contributed by atoms with Gasteiger partial charge in [0.2, 0.25) is 5.91 Å². The zero-order valence-electron chi connectivity index (χ0n) is 15.7. The highest BCUT2D eigenvalue weighted by Crippen LogP contribution is 2.13. The Balaban J connectivity index is 4.51. The van der Waals surface area contributed by atoms with Crippen molar-refractivity contribution in [2.75, 3.05) is 6.61 Å². The summed E-state index contributed by atoms with van der Waals surface area (Å²) in [6.07, 6.45) is 1.98. The highest BCUT2D eigenvalue weighted by atomic mass is 16.6. The fraction of sp³-hybridized carbons (Fsp3) is 0.722. The Morgan fingerprint density at radius 3 is 2.21 bits per heavy atom. The maximum atomic E-state index is 12.2. The molecule has 0 aromatic heterocycles. The van der Waals surface area contributed by atoms with Gasteiger partial charge < -0.3 is 14.8 Å². The molecule has 138 valence electrons. The maximum absolute atomic E-state index is 12.2. The van der Waals surface area contributed by atoms with Crippen molar-refractivity contribution in [3.8, 4) is 0 Å². The summed E-state index contributed by atoms with van der Waals surface area (Å²) < 4.78 is 10.2. The van der Waals surface area contributed by atoms with E-state index in [1.165, 1.54) is 6.08 Å². The third kappa shape index (κ3) is 9.33. The van der Waals surface area contributed by atoms with Crippen LogP contribution in [0.2, 0.25) is 0 Å². The second-order valence-electron chi connectivity index (χ2n) is 7.18. The molecule has 0 spiro atoms. The van der Waals surface area contributed by atoms with Crippen LogP contribution in [0.4, 0.5) is 0 Å². The molecule has 0 aliphatic heterocycles. The average Bonchev–Trinajstić information content (AvgIpc) is 2.45. The molecule has 0 aliphatic rings. The Morgan fingerprint density at radius 2 is 1.75 bits per heavy atom. The van der Waals surface area contributed by atoms with E-state index in [1.807, 2.05) is 13.8 Å². The summed E-state index contributed by atoms with van der Waals surface area (Å²) in [4.78, 5) is 35.9. The van der Waals surface area contributed by atoms with Crippen molar-refractivity contribution in [1.82, 2.24) is 5.32 Å². The number of amides is 1. The van der Waals surface area contributed by atoms with E-state index in [2.05, 4.69) is 11.9 Å². The van der Waals surface area contributed by atoms with Gasteiger partial charge in [0.15, 0.2) is 0 Å². The minimum absolute atomic E-state index is 0.103. The first-order chi connectivity index (χ1) is 11.0. The van der Waals surface area contributed by atoms with Crippen LogP contribution < -0.4 is 5.32 Å². The fourth-order valence-corrected chi connectivity index (χ4v) is 1.88. The van der Waals surface area contributed by atoms with Crippen molar-refractivity contribution < 1.29 is 23.9 Å². The molecular formula is C18H31NO5. The molecule has 0 heterocycles. The first kappa shape index (κ1) is 22.1. The molecule has 0 saturated heterocycles. The van der Waals surface area contributed by atoms with E-state index < -0.39 is 23.5 Å². The van der Waals surface area contributed by atoms with E-state index in [1.54, 1.807) is 27.7 Å². The number of esters is 2. The molecule has 0 aromatic carbocycles. The first-order valence-corrected chi connectivity index (χ1v) is 8.27. The molecule has 0 unspecified atom stereocenters. The van der Waals surface area contributed by atoms with Crippen LogP contribution in [0, 0.1) is 11.8 Å². The topological polar surface area (TPSA) is 81.7 Å². The van der Waals surface area contributed by atoms with E-state index in [-0.39, 0.29) is 30.8 Å². The maximum Gasteiger partial charge on any atom is 0.329 e. The number of hydrogen-bond donors (Lipinski definition) is 1. The summed E-state index contributed by atoms with van der Waals surface area (Å²) in [6, 6.07) is -0.721. The Bertz CT molecular complexity index is 451. The van der Waals surface area contributed by atoms with Crippen LogP contribution in [0.25, 0.3) is 0 Å². The lowest BCUT2D eigenvalue weighted by molar-refractivity contribution is -0.155. The van der Waals surface area contributed by atoms with Crippen molar-refractivity contribution in [3.63, 3.8) is 0 Å². The van der Waals surface area contributed by atoms with Crippen LogP contribution in [0.3, 0.4) is 0 Å². The largest absolute Gasteiger partial charge is 0.460 e. The van der Waals surface area contributed by atoms with Crippen molar-refractivity contribution >= 4 is 17.8 Å². The van der Waals surface area contributed by atoms with Gasteiger partial charge in [-0.1, -0.05) is 33.4 Å². The van der Waals surface area contributed by atoms with Gasteiger partial charge in [-0.15, -0.1) is 0 Å². The molecule has 2 atom stereocenters. The number of rotatable bonds is 9. The summed E-state index contributed by atoms with van der Waals surface area (Å²) >= 11 is 0. The first-order valence-electron chi connectivity index (χ1n) is 8.27. The lowest BCUT2D eigenvalue weighted by Gasteiger charge is -2.23. The minimum Gasteiger partial charge on any atom is -0.460 e. The van der Waals surface area contributed by atoms with E-state index >= 15 is 0 Å². The lowest BCUT2D eigenvalue weighted by Crippen LogP contribution is -2.47. The fourth-order valence-electron chi connectivity index (χ4n) is 1.88. The highest BCUT2D eigenvalue weighted by Gasteiger charge is 2.27. The van der Waals surface area contributed by atoms with Crippen LogP contribution in [-0.4, -0.2) is 36.1 Å². The number of hydrogen-bond acceptors (Lipinski definition) is 5. The van der Waals surface area contributed by atoms with Crippen molar-refractivity contribution in [1.29, 1.82) is 0 Å². The molecular weight excluding hydrogens is 310 g/mol. The van der Waals surface area contributed by atoms with Gasteiger partial charge in [0.05, 0.1) is 0 Å². The van der Waals surface area contributed by atoms with Crippen molar-refractivity contribution in [2.45, 2.75) is 66.0 Å². The lowest BCUT2D eigenvalue weighted by atomic mass is 10.0. The molecule has 0 saturated carbocycles. The zero-order valence-corrected chi connectivity index (χ0v) is 15.7. The van der Waals surface area contributed by atoms with E-state index in [9.17, 15) is 14.4 Å². The van der Waals surface area contributed by atoms with Gasteiger partial charge in [-0.2, -0.15) is 0 Å². The Morgan fingerprint density at radius 1 is 1.17 bits per heavy atom. The van der Waals surface area contributed by atoms with E-state index in [0.717, 1.165) is 0 Å². The molecule has 6 nitrogen and oxygen atoms in total. The van der Waals surface area contributed by atoms with E-state index in [4.69, 9.17) is 9.47 Å². The van der Waals surface area contributed by atoms with Crippen LogP contribution in [0.1, 0.15) is 54.4 Å². The molecule has 0 rings (SSSR count). The molecule has 6 heteroatoms. The smallest absolute Gasteiger partial charge is 0.329 e.